The van der Waals surface area contributed by atoms with Crippen molar-refractivity contribution in [2.24, 2.45) is 5.92 Å². The van der Waals surface area contributed by atoms with Crippen LogP contribution in [0.5, 0.6) is 0 Å². The molecule has 138 valence electrons. The summed E-state index contributed by atoms with van der Waals surface area (Å²) in [4.78, 5) is 29.6. The van der Waals surface area contributed by atoms with Gasteiger partial charge in [-0.1, -0.05) is 19.1 Å². The van der Waals surface area contributed by atoms with Crippen LogP contribution in [0, 0.1) is 5.92 Å². The monoisotopic (exact) mass is 355 g/mol. The molecule has 6 heteroatoms. The molecule has 2 heterocycles. The van der Waals surface area contributed by atoms with E-state index in [4.69, 9.17) is 5.11 Å². The van der Waals surface area contributed by atoms with Gasteiger partial charge in [-0.2, -0.15) is 0 Å². The lowest BCUT2D eigenvalue weighted by molar-refractivity contribution is -0.130. The molecule has 1 atom stereocenters. The molecule has 2 aromatic rings. The molecule has 0 unspecified atom stereocenters. The number of imidazole rings is 1. The predicted molar refractivity (Wildman–Crippen MR) is 98.0 cm³/mol. The fraction of sp³-hybridized carbons (Fsp3) is 0.450. The number of carbonyl (C=O) groups excluding carboxylic acids is 1. The van der Waals surface area contributed by atoms with Crippen LogP contribution in [0.1, 0.15) is 41.5 Å². The Morgan fingerprint density at radius 2 is 2.04 bits per heavy atom. The molecule has 0 bridgehead atoms. The van der Waals surface area contributed by atoms with Crippen LogP contribution in [0.15, 0.2) is 36.7 Å². The number of carbonyl (C=O) groups is 2. The van der Waals surface area contributed by atoms with Crippen LogP contribution in [-0.2, 0) is 24.2 Å². The Hall–Kier alpha value is -2.63. The second-order valence-corrected chi connectivity index (χ2v) is 6.84. The number of hydrogen-bond donors (Lipinski definition) is 1. The number of amides is 1. The van der Waals surface area contributed by atoms with E-state index in [-0.39, 0.29) is 5.91 Å². The van der Waals surface area contributed by atoms with Crippen molar-refractivity contribution < 1.29 is 14.7 Å². The maximum Gasteiger partial charge on any atom is 0.335 e. The van der Waals surface area contributed by atoms with Gasteiger partial charge < -0.3 is 14.6 Å². The van der Waals surface area contributed by atoms with E-state index >= 15 is 0 Å². The van der Waals surface area contributed by atoms with Crippen LogP contribution in [0.3, 0.4) is 0 Å². The van der Waals surface area contributed by atoms with Gasteiger partial charge >= 0.3 is 5.97 Å². The summed E-state index contributed by atoms with van der Waals surface area (Å²) in [7, 11) is 0. The number of hydrogen-bond acceptors (Lipinski definition) is 3. The molecular weight excluding hydrogens is 330 g/mol. The lowest BCUT2D eigenvalue weighted by Crippen LogP contribution is -2.29. The van der Waals surface area contributed by atoms with E-state index in [0.29, 0.717) is 24.4 Å². The molecule has 0 radical (unpaired) electrons. The van der Waals surface area contributed by atoms with Crippen molar-refractivity contribution in [3.63, 3.8) is 0 Å². The van der Waals surface area contributed by atoms with Gasteiger partial charge in [0.15, 0.2) is 0 Å². The van der Waals surface area contributed by atoms with Gasteiger partial charge in [-0.25, -0.2) is 9.78 Å². The molecule has 0 saturated carbocycles. The summed E-state index contributed by atoms with van der Waals surface area (Å²) in [5, 5.41) is 8.96. The predicted octanol–water partition coefficient (Wildman–Crippen LogP) is 2.63. The number of benzene rings is 1. The third-order valence-electron chi connectivity index (χ3n) is 5.05. The average Bonchev–Trinajstić information content (AvgIpc) is 3.29. The molecule has 1 amide bonds. The van der Waals surface area contributed by atoms with Crippen LogP contribution in [0.25, 0.3) is 0 Å². The van der Waals surface area contributed by atoms with Crippen molar-refractivity contribution in [3.8, 4) is 0 Å². The zero-order valence-electron chi connectivity index (χ0n) is 15.1. The normalized spacial score (nSPS) is 16.8. The third-order valence-corrected chi connectivity index (χ3v) is 5.05. The van der Waals surface area contributed by atoms with E-state index in [2.05, 4.69) is 16.5 Å². The smallest absolute Gasteiger partial charge is 0.335 e. The van der Waals surface area contributed by atoms with Gasteiger partial charge in [0.2, 0.25) is 5.91 Å². The Morgan fingerprint density at radius 3 is 2.73 bits per heavy atom. The fourth-order valence-electron chi connectivity index (χ4n) is 3.57. The average molecular weight is 355 g/mol. The summed E-state index contributed by atoms with van der Waals surface area (Å²) in [6.45, 7) is 4.33. The first-order valence-corrected chi connectivity index (χ1v) is 9.16. The highest BCUT2D eigenvalue weighted by Crippen LogP contribution is 2.22. The first-order chi connectivity index (χ1) is 12.6. The van der Waals surface area contributed by atoms with E-state index in [1.807, 2.05) is 23.2 Å². The molecule has 6 nitrogen and oxygen atoms in total. The van der Waals surface area contributed by atoms with Crippen molar-refractivity contribution in [1.82, 2.24) is 14.5 Å². The van der Waals surface area contributed by atoms with Crippen LogP contribution in [0.4, 0.5) is 0 Å². The zero-order valence-corrected chi connectivity index (χ0v) is 15.1. The van der Waals surface area contributed by atoms with Gasteiger partial charge in [-0.3, -0.25) is 4.79 Å². The number of carboxylic acid groups (broad SMARTS) is 1. The van der Waals surface area contributed by atoms with Gasteiger partial charge in [0, 0.05) is 44.9 Å². The van der Waals surface area contributed by atoms with E-state index in [0.717, 1.165) is 43.7 Å². The summed E-state index contributed by atoms with van der Waals surface area (Å²) in [5.41, 5.74) is 1.43. The van der Waals surface area contributed by atoms with Crippen LogP contribution in [0.2, 0.25) is 0 Å². The van der Waals surface area contributed by atoms with Crippen LogP contribution < -0.4 is 0 Å². The van der Waals surface area contributed by atoms with E-state index in [1.54, 1.807) is 18.3 Å². The van der Waals surface area contributed by atoms with Gasteiger partial charge in [0.1, 0.15) is 5.82 Å². The van der Waals surface area contributed by atoms with Gasteiger partial charge in [-0.15, -0.1) is 0 Å². The summed E-state index contributed by atoms with van der Waals surface area (Å²) in [6.07, 6.45) is 6.96. The molecule has 1 N–H and O–H groups in total. The minimum Gasteiger partial charge on any atom is -0.478 e. The Bertz CT molecular complexity index is 767. The first kappa shape index (κ1) is 18.2. The lowest BCUT2D eigenvalue weighted by atomic mass is 9.98. The van der Waals surface area contributed by atoms with Gasteiger partial charge in [0.25, 0.3) is 0 Å². The molecule has 0 aliphatic carbocycles. The molecule has 1 aliphatic rings. The minimum absolute atomic E-state index is 0.199. The molecule has 1 aromatic heterocycles. The van der Waals surface area contributed by atoms with Gasteiger partial charge in [0.05, 0.1) is 5.56 Å². The lowest BCUT2D eigenvalue weighted by Gasteiger charge is -2.17. The second-order valence-electron chi connectivity index (χ2n) is 6.84. The first-order valence-electron chi connectivity index (χ1n) is 9.16. The Labute approximate surface area is 153 Å². The molecule has 1 aromatic carbocycles. The third kappa shape index (κ3) is 4.31. The second kappa shape index (κ2) is 8.17. The van der Waals surface area contributed by atoms with Crippen molar-refractivity contribution in [2.75, 3.05) is 13.1 Å². The summed E-state index contributed by atoms with van der Waals surface area (Å²) >= 11 is 0. The summed E-state index contributed by atoms with van der Waals surface area (Å²) in [6, 6.07) is 7.04. The number of aromatic carboxylic acids is 1. The van der Waals surface area contributed by atoms with Gasteiger partial charge in [-0.05, 0) is 36.5 Å². The summed E-state index contributed by atoms with van der Waals surface area (Å²) < 4.78 is 2.05. The Morgan fingerprint density at radius 1 is 1.27 bits per heavy atom. The fourth-order valence-corrected chi connectivity index (χ4v) is 3.57. The number of carboxylic acids is 1. The number of rotatable bonds is 7. The zero-order chi connectivity index (χ0) is 18.5. The molecule has 1 saturated heterocycles. The van der Waals surface area contributed by atoms with Crippen molar-refractivity contribution >= 4 is 11.9 Å². The highest BCUT2D eigenvalue weighted by molar-refractivity contribution is 5.87. The highest BCUT2D eigenvalue weighted by atomic mass is 16.4. The SMILES string of the molecule is CCc1nccn1CCC(=O)N1CC[C@H](Cc2ccc(C(=O)O)cc2)C1. The highest BCUT2D eigenvalue weighted by Gasteiger charge is 2.26. The largest absolute Gasteiger partial charge is 0.478 e. The van der Waals surface area contributed by atoms with Crippen molar-refractivity contribution in [1.29, 1.82) is 0 Å². The van der Waals surface area contributed by atoms with Crippen molar-refractivity contribution in [2.45, 2.75) is 39.2 Å². The number of nitrogens with zero attached hydrogens (tertiary/aromatic N) is 3. The number of aromatic nitrogens is 2. The molecule has 3 rings (SSSR count). The Kier molecular flexibility index (Phi) is 5.71. The minimum atomic E-state index is -0.904. The molecular formula is C20H25N3O3. The number of aryl methyl sites for hydroxylation is 2. The molecule has 26 heavy (non-hydrogen) atoms. The molecule has 1 fully saturated rings. The van der Waals surface area contributed by atoms with E-state index in [9.17, 15) is 9.59 Å². The van der Waals surface area contributed by atoms with Crippen LogP contribution in [-0.4, -0.2) is 44.5 Å². The molecule has 1 aliphatic heterocycles. The summed E-state index contributed by atoms with van der Waals surface area (Å²) in [5.74, 6) is 0.749. The standard InChI is InChI=1S/C20H25N3O3/c1-2-18-21-9-12-22(18)11-8-19(24)23-10-7-16(14-23)13-15-3-5-17(6-4-15)20(25)26/h3-6,9,12,16H,2,7-8,10-11,13-14H2,1H3,(H,25,26)/t16-/m1/s1. The Balaban J connectivity index is 1.48. The van der Waals surface area contributed by atoms with E-state index < -0.39 is 5.97 Å². The van der Waals surface area contributed by atoms with Crippen molar-refractivity contribution in [3.05, 3.63) is 53.6 Å². The molecule has 0 spiro atoms. The maximum absolute atomic E-state index is 12.5. The topological polar surface area (TPSA) is 75.4 Å². The van der Waals surface area contributed by atoms with E-state index in [1.165, 1.54) is 0 Å². The quantitative estimate of drug-likeness (QED) is 0.828. The maximum atomic E-state index is 12.5. The number of likely N-dealkylation sites (tertiary alicyclic amines) is 1. The van der Waals surface area contributed by atoms with Crippen LogP contribution >= 0.6 is 0 Å².